The topological polar surface area (TPSA) is 316 Å². The highest BCUT2D eigenvalue weighted by Crippen LogP contribution is 2.26. The SMILES string of the molecule is C/C=C/C[C@@H](C)[C@@H](O)[C@H]1C(=O)N[C@@H](CC)C(=O)N(C)CC(=O)N(C)[C@@H](CC(C)C)C(=O)N[C@@H](C(C)C)C(=O)N(C)[C@@H](CC(C)C)C(=O)N[C@@H](C)C(=O)N[C@H](C)C(=O)N(C)[C@@H](CC(C)C)C(=O)N(C)[C@@H](CC(C)C)C(=O)N(C)[C@@H](C(C)C)C(=O)N1C.CC(C)Cc1ccc(C(C)C(=O)O)cc1. The van der Waals surface area contributed by atoms with Crippen LogP contribution in [0.3, 0.4) is 0 Å². The second-order valence-corrected chi connectivity index (χ2v) is 30.5. The average molecular weight is 1410 g/mol. The summed E-state index contributed by atoms with van der Waals surface area (Å²) in [5, 5.41) is 31.9. The Morgan fingerprint density at radius 2 is 0.920 bits per heavy atom. The molecule has 0 bridgehead atoms. The van der Waals surface area contributed by atoms with Gasteiger partial charge >= 0.3 is 5.97 Å². The predicted molar refractivity (Wildman–Crippen MR) is 389 cm³/mol. The summed E-state index contributed by atoms with van der Waals surface area (Å²) in [4.78, 5) is 179. The van der Waals surface area contributed by atoms with Gasteiger partial charge in [-0.1, -0.05) is 147 Å². The molecule has 1 aromatic rings. The molecule has 0 aliphatic carbocycles. The molecule has 25 nitrogen and oxygen atoms in total. The summed E-state index contributed by atoms with van der Waals surface area (Å²) >= 11 is 0. The van der Waals surface area contributed by atoms with Gasteiger partial charge in [0.2, 0.25) is 65.0 Å². The van der Waals surface area contributed by atoms with Crippen molar-refractivity contribution in [3.05, 3.63) is 47.5 Å². The molecule has 1 fully saturated rings. The van der Waals surface area contributed by atoms with Gasteiger partial charge in [-0.3, -0.25) is 57.5 Å². The Bertz CT molecular complexity index is 2910. The second kappa shape index (κ2) is 42.1. The number of allylic oxidation sites excluding steroid dienone is 2. The van der Waals surface area contributed by atoms with Crippen LogP contribution in [0.1, 0.15) is 194 Å². The average Bonchev–Trinajstić information content (AvgIpc) is 0.802. The van der Waals surface area contributed by atoms with Crippen LogP contribution in [0, 0.1) is 47.3 Å². The summed E-state index contributed by atoms with van der Waals surface area (Å²) in [7, 11) is 9.92. The lowest BCUT2D eigenvalue weighted by Gasteiger charge is -2.41. The normalized spacial score (nSPS) is 24.8. The van der Waals surface area contributed by atoms with Gasteiger partial charge in [0.25, 0.3) is 0 Å². The Kier molecular flexibility index (Phi) is 38.1. The number of benzene rings is 1. The third-order valence-electron chi connectivity index (χ3n) is 18.6. The molecule has 100 heavy (non-hydrogen) atoms. The molecule has 1 heterocycles. The van der Waals surface area contributed by atoms with Crippen LogP contribution in [0.25, 0.3) is 0 Å². The quantitative estimate of drug-likeness (QED) is 0.0824. The monoisotopic (exact) mass is 1410 g/mol. The van der Waals surface area contributed by atoms with E-state index in [4.69, 9.17) is 5.11 Å². The van der Waals surface area contributed by atoms with E-state index in [2.05, 4.69) is 35.1 Å². The third kappa shape index (κ3) is 26.8. The Balaban J connectivity index is 0.00000292. The number of nitrogens with one attached hydrogen (secondary N) is 4. The van der Waals surface area contributed by atoms with E-state index in [-0.39, 0.29) is 55.8 Å². The van der Waals surface area contributed by atoms with Gasteiger partial charge in [0.05, 0.1) is 18.6 Å². The van der Waals surface area contributed by atoms with E-state index in [9.17, 15) is 53.1 Å². The van der Waals surface area contributed by atoms with Crippen molar-refractivity contribution in [2.45, 2.75) is 256 Å². The molecule has 1 unspecified atom stereocenters. The van der Waals surface area contributed by atoms with E-state index in [1.54, 1.807) is 61.5 Å². The van der Waals surface area contributed by atoms with Crippen molar-refractivity contribution in [3.8, 4) is 0 Å². The molecule has 0 spiro atoms. The summed E-state index contributed by atoms with van der Waals surface area (Å²) in [6.45, 7) is 35.4. The minimum absolute atomic E-state index is 0.0229. The number of carboxylic acid groups (broad SMARTS) is 1. The van der Waals surface area contributed by atoms with Crippen LogP contribution in [0.15, 0.2) is 36.4 Å². The molecule has 1 saturated heterocycles. The summed E-state index contributed by atoms with van der Waals surface area (Å²) < 4.78 is 0. The Hall–Kier alpha value is -7.44. The van der Waals surface area contributed by atoms with Crippen molar-refractivity contribution in [2.75, 3.05) is 55.9 Å². The van der Waals surface area contributed by atoms with Gasteiger partial charge in [-0.2, -0.15) is 0 Å². The molecule has 13 atom stereocenters. The maximum absolute atomic E-state index is 15.1. The number of rotatable bonds is 19. The van der Waals surface area contributed by atoms with E-state index in [1.165, 1.54) is 93.2 Å². The summed E-state index contributed by atoms with van der Waals surface area (Å²) in [6, 6.07) is -4.46. The Labute approximate surface area is 598 Å². The van der Waals surface area contributed by atoms with Gasteiger partial charge in [0.1, 0.15) is 60.4 Å². The van der Waals surface area contributed by atoms with Crippen molar-refractivity contribution in [2.24, 2.45) is 47.3 Å². The third-order valence-corrected chi connectivity index (χ3v) is 18.6. The highest BCUT2D eigenvalue weighted by Gasteiger charge is 2.46. The zero-order valence-electron chi connectivity index (χ0n) is 65.6. The fraction of sp³-hybridized carbons (Fsp3) is 0.733. The second-order valence-electron chi connectivity index (χ2n) is 30.5. The molecule has 1 aliphatic heterocycles. The number of carboxylic acids is 1. The van der Waals surface area contributed by atoms with Crippen molar-refractivity contribution in [1.82, 2.24) is 55.6 Å². The Morgan fingerprint density at radius 1 is 0.490 bits per heavy atom. The maximum atomic E-state index is 15.1. The number of aliphatic carboxylic acids is 1. The molecular weight excluding hydrogens is 1280 g/mol. The van der Waals surface area contributed by atoms with Gasteiger partial charge < -0.3 is 65.8 Å². The number of carbonyl (C=O) groups is 12. The number of aliphatic hydroxyl groups is 1. The van der Waals surface area contributed by atoms with Crippen LogP contribution >= 0.6 is 0 Å². The van der Waals surface area contributed by atoms with Crippen LogP contribution in [0.5, 0.6) is 0 Å². The highest BCUT2D eigenvalue weighted by molar-refractivity contribution is 5.99. The molecule has 25 heteroatoms. The van der Waals surface area contributed by atoms with Gasteiger partial charge in [-0.15, -0.1) is 0 Å². The minimum atomic E-state index is -1.61. The molecule has 0 radical (unpaired) electrons. The molecule has 11 amide bonds. The van der Waals surface area contributed by atoms with Crippen LogP contribution in [-0.4, -0.2) is 238 Å². The minimum Gasteiger partial charge on any atom is -0.481 e. The van der Waals surface area contributed by atoms with E-state index in [1.807, 2.05) is 85.7 Å². The smallest absolute Gasteiger partial charge is 0.310 e. The molecule has 568 valence electrons. The first-order valence-electron chi connectivity index (χ1n) is 35.9. The lowest BCUT2D eigenvalue weighted by molar-refractivity contribution is -0.157. The van der Waals surface area contributed by atoms with Crippen LogP contribution in [0.4, 0.5) is 0 Å². The van der Waals surface area contributed by atoms with Crippen molar-refractivity contribution < 1.29 is 67.7 Å². The number of nitrogens with zero attached hydrogens (tertiary/aromatic N) is 7. The van der Waals surface area contributed by atoms with E-state index in [0.717, 1.165) is 21.8 Å². The molecular formula is C75H129N11O14. The van der Waals surface area contributed by atoms with E-state index < -0.39 is 168 Å². The fourth-order valence-corrected chi connectivity index (χ4v) is 12.2. The molecule has 0 saturated carbocycles. The molecule has 2 rings (SSSR count). The number of hydrogen-bond donors (Lipinski definition) is 6. The van der Waals surface area contributed by atoms with Gasteiger partial charge in [-0.05, 0) is 131 Å². The largest absolute Gasteiger partial charge is 0.481 e. The van der Waals surface area contributed by atoms with Crippen LogP contribution in [0.2, 0.25) is 0 Å². The maximum Gasteiger partial charge on any atom is 0.310 e. The molecule has 1 aliphatic rings. The first-order valence-corrected chi connectivity index (χ1v) is 35.9. The molecule has 0 aromatic heterocycles. The zero-order chi connectivity index (χ0) is 77.4. The summed E-state index contributed by atoms with van der Waals surface area (Å²) in [6.07, 6.45) is 4.09. The van der Waals surface area contributed by atoms with Crippen LogP contribution < -0.4 is 21.3 Å². The van der Waals surface area contributed by atoms with Gasteiger partial charge in [0, 0.05) is 49.3 Å². The number of aliphatic hydroxyl groups excluding tert-OH is 1. The number of hydrogen-bond acceptors (Lipinski definition) is 13. The van der Waals surface area contributed by atoms with Gasteiger partial charge in [-0.25, -0.2) is 0 Å². The van der Waals surface area contributed by atoms with Crippen molar-refractivity contribution in [3.63, 3.8) is 0 Å². The standard InChI is InChI=1S/C62H111N11O12.C13H18O2/c1-25-27-28-40(15)52(75)51-56(79)65-43(26-2)58(81)67(18)33-48(74)68(19)44(29-34(3)4)55(78)66-49(38(11)12)61(84)69(20)45(30-35(5)6)54(77)63-41(16)53(76)64-42(17)57(80)70(21)46(31-36(7)8)59(82)71(22)47(32-37(9)10)60(83)72(23)50(39(13)14)62(85)73(51)24;1-9(2)8-11-4-6-12(7-5-11)10(3)13(14)15/h25,27,34-47,49-52,75H,26,28-33H2,1-24H3,(H,63,77)(H,64,76)(H,65,79)(H,66,78);4-7,9-10H,8H2,1-3H3,(H,14,15)/b27-25+;/t40-,41+,42-,43+,44+,45+,46+,47+,49+,50+,51+,52-;/m1./s1. The first-order chi connectivity index (χ1) is 46.2. The number of amides is 11. The van der Waals surface area contributed by atoms with E-state index >= 15 is 9.59 Å². The predicted octanol–water partition coefficient (Wildman–Crippen LogP) is 6.34. The van der Waals surface area contributed by atoms with Crippen molar-refractivity contribution in [1.29, 1.82) is 0 Å². The number of likely N-dealkylation sites (N-methyl/N-ethyl adjacent to an activating group) is 7. The van der Waals surface area contributed by atoms with E-state index in [0.29, 0.717) is 12.3 Å². The van der Waals surface area contributed by atoms with Crippen molar-refractivity contribution >= 4 is 70.9 Å². The molecule has 6 N–H and O–H groups in total. The molecule has 1 aromatic carbocycles. The fourth-order valence-electron chi connectivity index (χ4n) is 12.2. The van der Waals surface area contributed by atoms with Crippen LogP contribution in [-0.2, 0) is 64.0 Å². The first kappa shape index (κ1) is 90.6. The lowest BCUT2D eigenvalue weighted by Crippen LogP contribution is -2.63. The zero-order valence-corrected chi connectivity index (χ0v) is 65.6. The number of carbonyl (C=O) groups excluding carboxylic acids is 11. The lowest BCUT2D eigenvalue weighted by atomic mass is 9.91. The summed E-state index contributed by atoms with van der Waals surface area (Å²) in [5.41, 5.74) is 2.14. The summed E-state index contributed by atoms with van der Waals surface area (Å²) in [5.74, 6) is -10.3. The highest BCUT2D eigenvalue weighted by atomic mass is 16.4. The van der Waals surface area contributed by atoms with Gasteiger partial charge in [0.15, 0.2) is 0 Å². The Morgan fingerprint density at radius 3 is 1.36 bits per heavy atom.